The van der Waals surface area contributed by atoms with E-state index in [0.29, 0.717) is 23.7 Å². The lowest BCUT2D eigenvalue weighted by Gasteiger charge is -2.24. The summed E-state index contributed by atoms with van der Waals surface area (Å²) in [6, 6.07) is 9.45. The molecule has 1 amide bonds. The van der Waals surface area contributed by atoms with Gasteiger partial charge >= 0.3 is 0 Å². The molecular weight excluding hydrogens is 330 g/mol. The minimum absolute atomic E-state index is 0.0877. The van der Waals surface area contributed by atoms with Gasteiger partial charge in [0.15, 0.2) is 0 Å². The minimum atomic E-state index is 0.0877. The minimum Gasteiger partial charge on any atom is -0.369 e. The van der Waals surface area contributed by atoms with Gasteiger partial charge in [0.25, 0.3) is 5.91 Å². The summed E-state index contributed by atoms with van der Waals surface area (Å²) in [4.78, 5) is 16.5. The number of anilines is 1. The predicted octanol–water partition coefficient (Wildman–Crippen LogP) is 3.63. The Morgan fingerprint density at radius 1 is 1.22 bits per heavy atom. The maximum Gasteiger partial charge on any atom is 0.254 e. The molecule has 1 fully saturated rings. The summed E-state index contributed by atoms with van der Waals surface area (Å²) in [5.41, 5.74) is 2.23. The van der Waals surface area contributed by atoms with Crippen molar-refractivity contribution < 1.29 is 4.79 Å². The fraction of sp³-hybridized carbons (Fsp3) is 0.294. The maximum atomic E-state index is 12.5. The van der Waals surface area contributed by atoms with Crippen LogP contribution in [0, 0.1) is 11.3 Å². The van der Waals surface area contributed by atoms with E-state index in [1.807, 2.05) is 27.8 Å². The highest BCUT2D eigenvalue weighted by atomic mass is 35.5. The number of nitrogens with zero attached hydrogens (tertiary/aromatic N) is 3. The van der Waals surface area contributed by atoms with E-state index in [0.717, 1.165) is 30.8 Å². The van der Waals surface area contributed by atoms with Crippen LogP contribution in [0.2, 0.25) is 5.02 Å². The van der Waals surface area contributed by atoms with Crippen LogP contribution in [0.1, 0.15) is 22.3 Å². The van der Waals surface area contributed by atoms with Gasteiger partial charge in [-0.05, 0) is 36.1 Å². The van der Waals surface area contributed by atoms with Crippen LogP contribution in [-0.2, 0) is 0 Å². The first-order chi connectivity index (χ1) is 11.2. The number of amides is 1. The number of benzene rings is 1. The van der Waals surface area contributed by atoms with E-state index >= 15 is 0 Å². The first kappa shape index (κ1) is 15.9. The molecule has 2 heterocycles. The molecule has 1 saturated heterocycles. The normalized spacial score (nSPS) is 15.1. The number of carbonyl (C=O) groups excluding carboxylic acids is 1. The molecule has 1 aromatic heterocycles. The molecule has 0 spiro atoms. The molecule has 4 nitrogen and oxygen atoms in total. The fourth-order valence-corrected chi connectivity index (χ4v) is 3.61. The molecule has 0 unspecified atom stereocenters. The quantitative estimate of drug-likeness (QED) is 0.835. The van der Waals surface area contributed by atoms with Crippen LogP contribution < -0.4 is 4.90 Å². The fourth-order valence-electron chi connectivity index (χ4n) is 2.80. The molecule has 1 aliphatic rings. The van der Waals surface area contributed by atoms with E-state index < -0.39 is 0 Å². The highest BCUT2D eigenvalue weighted by Gasteiger charge is 2.21. The third-order valence-electron chi connectivity index (χ3n) is 3.97. The maximum absolute atomic E-state index is 12.5. The van der Waals surface area contributed by atoms with Crippen molar-refractivity contribution in [1.29, 1.82) is 5.26 Å². The van der Waals surface area contributed by atoms with Crippen LogP contribution in [0.3, 0.4) is 0 Å². The number of halogens is 1. The van der Waals surface area contributed by atoms with Gasteiger partial charge in [-0.2, -0.15) is 16.6 Å². The van der Waals surface area contributed by atoms with E-state index in [-0.39, 0.29) is 5.91 Å². The molecule has 23 heavy (non-hydrogen) atoms. The predicted molar refractivity (Wildman–Crippen MR) is 93.2 cm³/mol. The molecular formula is C17H16ClN3OS. The summed E-state index contributed by atoms with van der Waals surface area (Å²) in [5, 5.41) is 13.7. The molecule has 0 N–H and O–H groups in total. The number of rotatable bonds is 2. The third kappa shape index (κ3) is 3.49. The van der Waals surface area contributed by atoms with Crippen molar-refractivity contribution in [3.8, 4) is 6.07 Å². The highest BCUT2D eigenvalue weighted by Crippen LogP contribution is 2.25. The second kappa shape index (κ2) is 7.03. The van der Waals surface area contributed by atoms with E-state index in [1.165, 1.54) is 11.3 Å². The molecule has 0 atom stereocenters. The molecule has 118 valence electrons. The smallest absolute Gasteiger partial charge is 0.254 e. The Labute approximate surface area is 144 Å². The lowest BCUT2D eigenvalue weighted by atomic mass is 10.1. The number of nitriles is 1. The zero-order valence-corrected chi connectivity index (χ0v) is 14.1. The van der Waals surface area contributed by atoms with Crippen LogP contribution in [0.4, 0.5) is 5.69 Å². The van der Waals surface area contributed by atoms with Gasteiger partial charge in [0, 0.05) is 36.6 Å². The summed E-state index contributed by atoms with van der Waals surface area (Å²) < 4.78 is 0. The Morgan fingerprint density at radius 2 is 2.09 bits per heavy atom. The standard InChI is InChI=1S/C17H16ClN3OS/c18-15-2-3-16(14(10-15)11-19)20-5-1-6-21(8-7-20)17(22)13-4-9-23-12-13/h2-4,9-10,12H,1,5-8H2. The van der Waals surface area contributed by atoms with Gasteiger partial charge in [0.2, 0.25) is 0 Å². The number of hydrogen-bond donors (Lipinski definition) is 0. The van der Waals surface area contributed by atoms with Gasteiger partial charge in [-0.3, -0.25) is 4.79 Å². The highest BCUT2D eigenvalue weighted by molar-refractivity contribution is 7.08. The summed E-state index contributed by atoms with van der Waals surface area (Å²) in [6.45, 7) is 2.93. The van der Waals surface area contributed by atoms with E-state index in [2.05, 4.69) is 11.0 Å². The average molecular weight is 346 g/mol. The average Bonchev–Trinajstić information content (AvgIpc) is 2.99. The van der Waals surface area contributed by atoms with Gasteiger partial charge in [0.05, 0.1) is 16.8 Å². The Balaban J connectivity index is 1.74. The molecule has 1 aliphatic heterocycles. The van der Waals surface area contributed by atoms with Crippen LogP contribution >= 0.6 is 22.9 Å². The van der Waals surface area contributed by atoms with Crippen LogP contribution in [0.15, 0.2) is 35.0 Å². The van der Waals surface area contributed by atoms with Crippen LogP contribution in [0.5, 0.6) is 0 Å². The number of hydrogen-bond acceptors (Lipinski definition) is 4. The lowest BCUT2D eigenvalue weighted by Crippen LogP contribution is -2.35. The van der Waals surface area contributed by atoms with E-state index in [9.17, 15) is 10.1 Å². The van der Waals surface area contributed by atoms with Crippen LogP contribution in [-0.4, -0.2) is 37.0 Å². The van der Waals surface area contributed by atoms with Crippen molar-refractivity contribution in [2.24, 2.45) is 0 Å². The molecule has 2 aromatic rings. The van der Waals surface area contributed by atoms with E-state index in [1.54, 1.807) is 12.1 Å². The molecule has 3 rings (SSSR count). The Morgan fingerprint density at radius 3 is 2.83 bits per heavy atom. The van der Waals surface area contributed by atoms with Crippen molar-refractivity contribution >= 4 is 34.5 Å². The van der Waals surface area contributed by atoms with E-state index in [4.69, 9.17) is 11.6 Å². The molecule has 1 aromatic carbocycles. The topological polar surface area (TPSA) is 47.3 Å². The zero-order valence-electron chi connectivity index (χ0n) is 12.5. The van der Waals surface area contributed by atoms with Gasteiger partial charge in [-0.25, -0.2) is 0 Å². The summed E-state index contributed by atoms with van der Waals surface area (Å²) >= 11 is 7.50. The van der Waals surface area contributed by atoms with Gasteiger partial charge < -0.3 is 9.80 Å². The summed E-state index contributed by atoms with van der Waals surface area (Å²) in [6.07, 6.45) is 0.878. The monoisotopic (exact) mass is 345 g/mol. The zero-order chi connectivity index (χ0) is 16.2. The molecule has 0 aliphatic carbocycles. The molecule has 6 heteroatoms. The Kier molecular flexibility index (Phi) is 4.85. The summed E-state index contributed by atoms with van der Waals surface area (Å²) in [5.74, 6) is 0.0877. The molecule has 0 radical (unpaired) electrons. The lowest BCUT2D eigenvalue weighted by molar-refractivity contribution is 0.0767. The van der Waals surface area contributed by atoms with Crippen LogP contribution in [0.25, 0.3) is 0 Å². The first-order valence-electron chi connectivity index (χ1n) is 7.45. The van der Waals surface area contributed by atoms with Crippen molar-refractivity contribution in [2.75, 3.05) is 31.1 Å². The van der Waals surface area contributed by atoms with Crippen molar-refractivity contribution in [3.05, 3.63) is 51.2 Å². The Hall–Kier alpha value is -2.03. The Bertz CT molecular complexity index is 739. The molecule has 0 saturated carbocycles. The summed E-state index contributed by atoms with van der Waals surface area (Å²) in [7, 11) is 0. The van der Waals surface area contributed by atoms with Gasteiger partial charge in [-0.1, -0.05) is 11.6 Å². The third-order valence-corrected chi connectivity index (χ3v) is 4.89. The van der Waals surface area contributed by atoms with Crippen molar-refractivity contribution in [2.45, 2.75) is 6.42 Å². The molecule has 0 bridgehead atoms. The number of thiophene rings is 1. The second-order valence-electron chi connectivity index (χ2n) is 5.42. The second-order valence-corrected chi connectivity index (χ2v) is 6.63. The van der Waals surface area contributed by atoms with Gasteiger partial charge in [-0.15, -0.1) is 0 Å². The van der Waals surface area contributed by atoms with Gasteiger partial charge in [0.1, 0.15) is 6.07 Å². The van der Waals surface area contributed by atoms with Crippen molar-refractivity contribution in [1.82, 2.24) is 4.90 Å². The SMILES string of the molecule is N#Cc1cc(Cl)ccc1N1CCCN(C(=O)c2ccsc2)CC1. The van der Waals surface area contributed by atoms with Crippen molar-refractivity contribution in [3.63, 3.8) is 0 Å². The number of carbonyl (C=O) groups is 1. The largest absolute Gasteiger partial charge is 0.369 e. The first-order valence-corrected chi connectivity index (χ1v) is 8.77.